The van der Waals surface area contributed by atoms with E-state index in [0.717, 1.165) is 27.4 Å². The van der Waals surface area contributed by atoms with Gasteiger partial charge in [-0.05, 0) is 69.4 Å². The van der Waals surface area contributed by atoms with Crippen LogP contribution in [0.2, 0.25) is 0 Å². The molecule has 33 heavy (non-hydrogen) atoms. The van der Waals surface area contributed by atoms with Crippen molar-refractivity contribution in [2.45, 2.75) is 38.6 Å². The normalized spacial score (nSPS) is 16.1. The van der Waals surface area contributed by atoms with Crippen LogP contribution in [-0.4, -0.2) is 28.0 Å². The standard InChI is InChI=1S/C25H27N3O3S2/c1-7-31-24(30)21-15(3)26-25-28(22(21)17-8-10-19(32-6)11-9-17)23(29)20(33-25)13-18-12-14(2)27(5)16(18)4/h8-13,22H,7H2,1-6H3/t22-/m0/s1. The van der Waals surface area contributed by atoms with E-state index in [1.165, 1.54) is 11.3 Å². The van der Waals surface area contributed by atoms with E-state index in [0.29, 0.717) is 20.6 Å². The Labute approximate surface area is 200 Å². The summed E-state index contributed by atoms with van der Waals surface area (Å²) in [5.74, 6) is -0.443. The van der Waals surface area contributed by atoms with Crippen molar-refractivity contribution in [2.75, 3.05) is 12.9 Å². The van der Waals surface area contributed by atoms with Gasteiger partial charge in [0.1, 0.15) is 0 Å². The van der Waals surface area contributed by atoms with Gasteiger partial charge in [0.25, 0.3) is 5.56 Å². The number of ether oxygens (including phenoxy) is 1. The number of esters is 1. The maximum absolute atomic E-state index is 13.7. The molecule has 1 aliphatic rings. The zero-order chi connectivity index (χ0) is 23.9. The molecule has 172 valence electrons. The van der Waals surface area contributed by atoms with E-state index in [9.17, 15) is 9.59 Å². The summed E-state index contributed by atoms with van der Waals surface area (Å²) in [6, 6.07) is 9.43. The summed E-state index contributed by atoms with van der Waals surface area (Å²) < 4.78 is 9.68. The molecule has 4 rings (SSSR count). The number of thioether (sulfide) groups is 1. The number of aryl methyl sites for hydroxylation is 1. The van der Waals surface area contributed by atoms with Crippen LogP contribution in [-0.2, 0) is 16.6 Å². The molecule has 0 saturated carbocycles. The van der Waals surface area contributed by atoms with Crippen LogP contribution in [0.5, 0.6) is 0 Å². The molecule has 0 radical (unpaired) electrons. The van der Waals surface area contributed by atoms with Crippen LogP contribution in [0.3, 0.4) is 0 Å². The summed E-state index contributed by atoms with van der Waals surface area (Å²) in [6.07, 6.45) is 3.93. The topological polar surface area (TPSA) is 65.6 Å². The van der Waals surface area contributed by atoms with Crippen LogP contribution in [0, 0.1) is 13.8 Å². The lowest BCUT2D eigenvalue weighted by Crippen LogP contribution is -2.39. The van der Waals surface area contributed by atoms with Gasteiger partial charge in [0.05, 0.1) is 28.5 Å². The average molecular weight is 482 g/mol. The lowest BCUT2D eigenvalue weighted by molar-refractivity contribution is -0.139. The number of aromatic nitrogens is 2. The average Bonchev–Trinajstić information content (AvgIpc) is 3.23. The number of nitrogens with zero attached hydrogens (tertiary/aromatic N) is 3. The Morgan fingerprint density at radius 3 is 2.52 bits per heavy atom. The Balaban J connectivity index is 1.96. The quantitative estimate of drug-likeness (QED) is 0.413. The Morgan fingerprint density at radius 2 is 1.94 bits per heavy atom. The van der Waals surface area contributed by atoms with E-state index in [4.69, 9.17) is 4.74 Å². The molecule has 1 atom stereocenters. The molecular formula is C25H27N3O3S2. The number of carbonyl (C=O) groups is 1. The van der Waals surface area contributed by atoms with Gasteiger partial charge in [-0.1, -0.05) is 23.5 Å². The van der Waals surface area contributed by atoms with Crippen molar-refractivity contribution >= 4 is 35.1 Å². The number of thiazole rings is 1. The summed E-state index contributed by atoms with van der Waals surface area (Å²) in [7, 11) is 2.01. The third-order valence-corrected chi connectivity index (χ3v) is 7.78. The fourth-order valence-corrected chi connectivity index (χ4v) is 5.51. The minimum Gasteiger partial charge on any atom is -0.463 e. The SMILES string of the molecule is CCOC(=O)C1=C(C)N=c2sc(=Cc3cc(C)n(C)c3C)c(=O)n2[C@H]1c1ccc(SC)cc1. The molecule has 1 aromatic carbocycles. The highest BCUT2D eigenvalue weighted by molar-refractivity contribution is 7.98. The fraction of sp³-hybridized carbons (Fsp3) is 0.320. The van der Waals surface area contributed by atoms with E-state index in [1.807, 2.05) is 57.5 Å². The first-order valence-corrected chi connectivity index (χ1v) is 12.8. The third kappa shape index (κ3) is 4.13. The van der Waals surface area contributed by atoms with Gasteiger partial charge >= 0.3 is 5.97 Å². The number of hydrogen-bond acceptors (Lipinski definition) is 6. The number of fused-ring (bicyclic) bond motifs is 1. The highest BCUT2D eigenvalue weighted by atomic mass is 32.2. The van der Waals surface area contributed by atoms with Gasteiger partial charge in [0, 0.05) is 23.3 Å². The lowest BCUT2D eigenvalue weighted by atomic mass is 9.96. The summed E-state index contributed by atoms with van der Waals surface area (Å²) >= 11 is 2.99. The molecule has 3 aromatic rings. The van der Waals surface area contributed by atoms with Gasteiger partial charge in [-0.15, -0.1) is 11.8 Å². The molecule has 0 aliphatic carbocycles. The van der Waals surface area contributed by atoms with Gasteiger partial charge in [0.15, 0.2) is 4.80 Å². The Morgan fingerprint density at radius 1 is 1.24 bits per heavy atom. The smallest absolute Gasteiger partial charge is 0.338 e. The van der Waals surface area contributed by atoms with Gasteiger partial charge in [0.2, 0.25) is 0 Å². The van der Waals surface area contributed by atoms with Crippen LogP contribution in [0.4, 0.5) is 0 Å². The van der Waals surface area contributed by atoms with E-state index in [2.05, 4.69) is 15.6 Å². The van der Waals surface area contributed by atoms with Crippen LogP contribution in [0.1, 0.15) is 42.4 Å². The molecule has 8 heteroatoms. The highest BCUT2D eigenvalue weighted by Gasteiger charge is 2.33. The highest BCUT2D eigenvalue weighted by Crippen LogP contribution is 2.31. The lowest BCUT2D eigenvalue weighted by Gasteiger charge is -2.24. The number of rotatable bonds is 5. The van der Waals surface area contributed by atoms with Crippen molar-refractivity contribution in [3.05, 3.63) is 83.8 Å². The molecule has 6 nitrogen and oxygen atoms in total. The monoisotopic (exact) mass is 481 g/mol. The Bertz CT molecular complexity index is 1440. The molecule has 0 spiro atoms. The van der Waals surface area contributed by atoms with Crippen LogP contribution >= 0.6 is 23.1 Å². The minimum absolute atomic E-state index is 0.159. The van der Waals surface area contributed by atoms with Crippen molar-refractivity contribution in [2.24, 2.45) is 12.0 Å². The first kappa shape index (κ1) is 23.3. The van der Waals surface area contributed by atoms with Crippen LogP contribution in [0.15, 0.2) is 56.3 Å². The van der Waals surface area contributed by atoms with Crippen LogP contribution in [0.25, 0.3) is 6.08 Å². The van der Waals surface area contributed by atoms with Gasteiger partial charge in [-0.3, -0.25) is 9.36 Å². The minimum atomic E-state index is -0.586. The Kier molecular flexibility index (Phi) is 6.50. The number of allylic oxidation sites excluding steroid dienone is 1. The predicted octanol–water partition coefficient (Wildman–Crippen LogP) is 3.48. The second-order valence-corrected chi connectivity index (χ2v) is 9.85. The molecule has 0 amide bonds. The molecule has 0 bridgehead atoms. The second-order valence-electron chi connectivity index (χ2n) is 7.96. The van der Waals surface area contributed by atoms with Crippen molar-refractivity contribution in [3.63, 3.8) is 0 Å². The molecule has 3 heterocycles. The van der Waals surface area contributed by atoms with Crippen molar-refractivity contribution < 1.29 is 9.53 Å². The maximum Gasteiger partial charge on any atom is 0.338 e. The molecule has 0 saturated heterocycles. The molecule has 2 aromatic heterocycles. The molecular weight excluding hydrogens is 454 g/mol. The molecule has 1 aliphatic heterocycles. The van der Waals surface area contributed by atoms with Crippen molar-refractivity contribution in [1.82, 2.24) is 9.13 Å². The third-order valence-electron chi connectivity index (χ3n) is 6.05. The van der Waals surface area contributed by atoms with E-state index < -0.39 is 12.0 Å². The molecule has 0 fully saturated rings. The fourth-order valence-electron chi connectivity index (χ4n) is 4.06. The summed E-state index contributed by atoms with van der Waals surface area (Å²) in [5.41, 5.74) is 4.89. The zero-order valence-electron chi connectivity index (χ0n) is 19.6. The van der Waals surface area contributed by atoms with Crippen molar-refractivity contribution in [1.29, 1.82) is 0 Å². The first-order chi connectivity index (χ1) is 15.8. The second kappa shape index (κ2) is 9.19. The predicted molar refractivity (Wildman–Crippen MR) is 134 cm³/mol. The van der Waals surface area contributed by atoms with Crippen molar-refractivity contribution in [3.8, 4) is 0 Å². The van der Waals surface area contributed by atoms with E-state index in [1.54, 1.807) is 30.2 Å². The van der Waals surface area contributed by atoms with Gasteiger partial charge in [-0.2, -0.15) is 0 Å². The first-order valence-electron chi connectivity index (χ1n) is 10.7. The molecule has 0 unspecified atom stereocenters. The summed E-state index contributed by atoms with van der Waals surface area (Å²) in [4.78, 5) is 32.9. The maximum atomic E-state index is 13.7. The summed E-state index contributed by atoms with van der Waals surface area (Å²) in [6.45, 7) is 7.91. The van der Waals surface area contributed by atoms with Gasteiger partial charge in [-0.25, -0.2) is 9.79 Å². The number of hydrogen-bond donors (Lipinski definition) is 0. The number of benzene rings is 1. The largest absolute Gasteiger partial charge is 0.463 e. The van der Waals surface area contributed by atoms with E-state index >= 15 is 0 Å². The number of carbonyl (C=O) groups excluding carboxylic acids is 1. The van der Waals surface area contributed by atoms with E-state index in [-0.39, 0.29) is 12.2 Å². The molecule has 0 N–H and O–H groups in total. The zero-order valence-corrected chi connectivity index (χ0v) is 21.3. The summed E-state index contributed by atoms with van der Waals surface area (Å²) in [5, 5.41) is 0. The Hall–Kier alpha value is -2.84. The van der Waals surface area contributed by atoms with Crippen LogP contribution < -0.4 is 14.9 Å². The van der Waals surface area contributed by atoms with Gasteiger partial charge < -0.3 is 9.30 Å².